The van der Waals surface area contributed by atoms with Crippen LogP contribution in [0.5, 0.6) is 0 Å². The molecule has 0 heterocycles. The van der Waals surface area contributed by atoms with E-state index < -0.39 is 32.5 Å². The van der Waals surface area contributed by atoms with Crippen LogP contribution in [0.2, 0.25) is 0 Å². The molecule has 0 radical (unpaired) electrons. The number of anilines is 1. The third-order valence-corrected chi connectivity index (χ3v) is 8.82. The zero-order chi connectivity index (χ0) is 23.7. The van der Waals surface area contributed by atoms with E-state index in [9.17, 15) is 21.6 Å². The predicted octanol–water partition coefficient (Wildman–Crippen LogP) is 2.43. The summed E-state index contributed by atoms with van der Waals surface area (Å²) in [6, 6.07) is 7.98. The number of rotatable bonds is 7. The fourth-order valence-corrected chi connectivity index (χ4v) is 5.77. The Balaban J connectivity index is 2.27. The minimum Gasteiger partial charge on any atom is -0.325 e. The van der Waals surface area contributed by atoms with Gasteiger partial charge in [-0.3, -0.25) is 4.79 Å². The summed E-state index contributed by atoms with van der Waals surface area (Å²) in [5, 5.41) is 2.63. The molecule has 2 rings (SSSR count). The summed E-state index contributed by atoms with van der Waals surface area (Å²) in [6.07, 6.45) is 0. The minimum absolute atomic E-state index is 0.0327. The van der Waals surface area contributed by atoms with Gasteiger partial charge >= 0.3 is 0 Å². The Morgan fingerprint density at radius 3 is 1.90 bits per heavy atom. The third kappa shape index (κ3) is 5.32. The van der Waals surface area contributed by atoms with E-state index in [1.807, 2.05) is 6.92 Å². The Bertz CT molecular complexity index is 1200. The van der Waals surface area contributed by atoms with Crippen molar-refractivity contribution in [1.29, 1.82) is 0 Å². The molecule has 1 amide bonds. The highest BCUT2D eigenvalue weighted by Gasteiger charge is 2.27. The molecule has 0 fully saturated rings. The van der Waals surface area contributed by atoms with Gasteiger partial charge in [0.1, 0.15) is 0 Å². The van der Waals surface area contributed by atoms with E-state index in [0.29, 0.717) is 22.4 Å². The molecule has 0 saturated heterocycles. The lowest BCUT2D eigenvalue weighted by Crippen LogP contribution is -2.35. The smallest absolute Gasteiger partial charge is 0.243 e. The van der Waals surface area contributed by atoms with Crippen molar-refractivity contribution in [3.8, 4) is 0 Å². The van der Waals surface area contributed by atoms with E-state index in [4.69, 9.17) is 0 Å². The largest absolute Gasteiger partial charge is 0.325 e. The van der Waals surface area contributed by atoms with Gasteiger partial charge in [-0.2, -0.15) is 4.31 Å². The molecule has 0 aromatic heterocycles. The highest BCUT2D eigenvalue weighted by molar-refractivity contribution is 7.89. The molecule has 0 spiro atoms. The molecule has 8 nitrogen and oxygen atoms in total. The van der Waals surface area contributed by atoms with Crippen molar-refractivity contribution in [2.75, 3.05) is 33.0 Å². The first-order valence-electron chi connectivity index (χ1n) is 9.55. The number of carbonyl (C=O) groups is 1. The maximum absolute atomic E-state index is 13.1. The van der Waals surface area contributed by atoms with Gasteiger partial charge in [-0.15, -0.1) is 0 Å². The van der Waals surface area contributed by atoms with Crippen molar-refractivity contribution in [1.82, 2.24) is 8.61 Å². The van der Waals surface area contributed by atoms with Crippen molar-refractivity contribution in [3.05, 3.63) is 52.6 Å². The van der Waals surface area contributed by atoms with E-state index in [2.05, 4.69) is 5.32 Å². The molecule has 0 saturated carbocycles. The number of nitrogens with one attached hydrogen (secondary N) is 1. The van der Waals surface area contributed by atoms with Gasteiger partial charge in [0.2, 0.25) is 26.0 Å². The summed E-state index contributed by atoms with van der Waals surface area (Å²) >= 11 is 0. The molecule has 2 aromatic rings. The summed E-state index contributed by atoms with van der Waals surface area (Å²) in [7, 11) is -3.38. The van der Waals surface area contributed by atoms with E-state index >= 15 is 0 Å². The van der Waals surface area contributed by atoms with Crippen LogP contribution < -0.4 is 5.32 Å². The number of carbonyl (C=O) groups excluding carboxylic acids is 1. The van der Waals surface area contributed by atoms with Crippen molar-refractivity contribution in [2.24, 2.45) is 0 Å². The number of hydrogen-bond donors (Lipinski definition) is 1. The lowest BCUT2D eigenvalue weighted by Gasteiger charge is -2.20. The van der Waals surface area contributed by atoms with Gasteiger partial charge in [-0.1, -0.05) is 23.8 Å². The number of likely N-dealkylation sites (N-methyl/N-ethyl adjacent to an activating group) is 1. The first kappa shape index (κ1) is 25.0. The van der Waals surface area contributed by atoms with Gasteiger partial charge in [0.25, 0.3) is 0 Å². The van der Waals surface area contributed by atoms with Crippen LogP contribution in [0.1, 0.15) is 22.3 Å². The fraction of sp³-hybridized carbons (Fsp3) is 0.381. The molecule has 0 aliphatic heterocycles. The lowest BCUT2D eigenvalue weighted by molar-refractivity contribution is -0.116. The predicted molar refractivity (Wildman–Crippen MR) is 121 cm³/mol. The molecule has 31 heavy (non-hydrogen) atoms. The second-order valence-corrected chi connectivity index (χ2v) is 11.9. The van der Waals surface area contributed by atoms with Crippen LogP contribution in [-0.2, 0) is 24.8 Å². The molecule has 0 bridgehead atoms. The van der Waals surface area contributed by atoms with Gasteiger partial charge in [0, 0.05) is 26.8 Å². The molecular weight excluding hydrogens is 438 g/mol. The third-order valence-electron chi connectivity index (χ3n) is 4.90. The summed E-state index contributed by atoms with van der Waals surface area (Å²) in [4.78, 5) is 12.8. The number of nitrogens with zero attached hydrogens (tertiary/aromatic N) is 2. The first-order chi connectivity index (χ1) is 14.2. The maximum Gasteiger partial charge on any atom is 0.243 e. The zero-order valence-electron chi connectivity index (χ0n) is 18.8. The van der Waals surface area contributed by atoms with Crippen LogP contribution >= 0.6 is 0 Å². The normalized spacial score (nSPS) is 12.4. The SMILES string of the molecule is Cc1cc(C)c(S(=O)(=O)N(C)CC(=O)Nc2cc(S(=O)(=O)N(C)C)ccc2C)c(C)c1. The monoisotopic (exact) mass is 467 g/mol. The second-order valence-electron chi connectivity index (χ2n) is 7.80. The van der Waals surface area contributed by atoms with E-state index in [1.165, 1.54) is 33.3 Å². The Kier molecular flexibility index (Phi) is 7.32. The highest BCUT2D eigenvalue weighted by Crippen LogP contribution is 2.25. The number of hydrogen-bond acceptors (Lipinski definition) is 5. The first-order valence-corrected chi connectivity index (χ1v) is 12.4. The van der Waals surface area contributed by atoms with Gasteiger partial charge in [0.05, 0.1) is 16.3 Å². The lowest BCUT2D eigenvalue weighted by atomic mass is 10.1. The Morgan fingerprint density at radius 2 is 1.39 bits per heavy atom. The number of sulfonamides is 2. The molecule has 0 atom stereocenters. The average Bonchev–Trinajstić information content (AvgIpc) is 2.61. The van der Waals surface area contributed by atoms with E-state index in [1.54, 1.807) is 39.0 Å². The molecule has 0 aliphatic rings. The zero-order valence-corrected chi connectivity index (χ0v) is 20.5. The summed E-state index contributed by atoms with van der Waals surface area (Å²) in [5.41, 5.74) is 3.14. The second kappa shape index (κ2) is 9.07. The standard InChI is InChI=1S/C21H29N3O5S2/c1-14-10-16(3)21(17(4)11-14)31(28,29)24(7)13-20(25)22-19-12-18(9-8-15(19)2)30(26,27)23(5)6/h8-12H,13H2,1-7H3,(H,22,25). The van der Waals surface area contributed by atoms with Crippen LogP contribution in [-0.4, -0.2) is 59.0 Å². The van der Waals surface area contributed by atoms with Crippen molar-refractivity contribution >= 4 is 31.6 Å². The van der Waals surface area contributed by atoms with E-state index in [-0.39, 0.29) is 9.79 Å². The molecular formula is C21H29N3O5S2. The topological polar surface area (TPSA) is 104 Å². The van der Waals surface area contributed by atoms with Crippen molar-refractivity contribution in [2.45, 2.75) is 37.5 Å². The Hall–Kier alpha value is -2.27. The Labute approximate surface area is 185 Å². The minimum atomic E-state index is -3.89. The Morgan fingerprint density at radius 1 is 0.839 bits per heavy atom. The van der Waals surface area contributed by atoms with Gasteiger partial charge < -0.3 is 5.32 Å². The number of aryl methyl sites for hydroxylation is 4. The highest BCUT2D eigenvalue weighted by atomic mass is 32.2. The van der Waals surface area contributed by atoms with Crippen LogP contribution in [0.3, 0.4) is 0 Å². The molecule has 1 N–H and O–H groups in total. The summed E-state index contributed by atoms with van der Waals surface area (Å²) in [6.45, 7) is 6.64. The van der Waals surface area contributed by atoms with Crippen molar-refractivity contribution < 1.29 is 21.6 Å². The van der Waals surface area contributed by atoms with Crippen LogP contribution in [0.4, 0.5) is 5.69 Å². The quantitative estimate of drug-likeness (QED) is 0.674. The van der Waals surface area contributed by atoms with Gasteiger partial charge in [0.15, 0.2) is 0 Å². The molecule has 2 aromatic carbocycles. The fourth-order valence-electron chi connectivity index (χ4n) is 3.31. The van der Waals surface area contributed by atoms with Gasteiger partial charge in [-0.25, -0.2) is 21.1 Å². The van der Waals surface area contributed by atoms with Gasteiger partial charge in [-0.05, 0) is 56.5 Å². The van der Waals surface area contributed by atoms with Crippen LogP contribution in [0.15, 0.2) is 40.1 Å². The number of benzene rings is 2. The summed E-state index contributed by atoms with van der Waals surface area (Å²) < 4.78 is 52.9. The van der Waals surface area contributed by atoms with Crippen molar-refractivity contribution in [3.63, 3.8) is 0 Å². The van der Waals surface area contributed by atoms with Crippen LogP contribution in [0.25, 0.3) is 0 Å². The number of amides is 1. The molecule has 10 heteroatoms. The maximum atomic E-state index is 13.1. The molecule has 0 aliphatic carbocycles. The summed E-state index contributed by atoms with van der Waals surface area (Å²) in [5.74, 6) is -0.573. The molecule has 170 valence electrons. The van der Waals surface area contributed by atoms with Crippen LogP contribution in [0, 0.1) is 27.7 Å². The van der Waals surface area contributed by atoms with E-state index in [0.717, 1.165) is 14.2 Å². The average molecular weight is 468 g/mol. The molecule has 0 unspecified atom stereocenters.